The lowest BCUT2D eigenvalue weighted by molar-refractivity contribution is 0.0634. The Morgan fingerprint density at radius 2 is 1.90 bits per heavy atom. The minimum absolute atomic E-state index is 0.242. The largest absolute Gasteiger partial charge is 0.486 e. The summed E-state index contributed by atoms with van der Waals surface area (Å²) < 4.78 is 16.6. The van der Waals surface area contributed by atoms with E-state index in [1.165, 1.54) is 6.26 Å². The van der Waals surface area contributed by atoms with Crippen molar-refractivity contribution in [1.82, 2.24) is 14.8 Å². The van der Waals surface area contributed by atoms with Crippen molar-refractivity contribution in [3.63, 3.8) is 0 Å². The number of aromatic nitrogens is 1. The second kappa shape index (κ2) is 10.1. The number of β-amino-alcohol motifs (C(OH)–C–C–N with tert-alkyl or cyclic N) is 1. The number of aliphatic hydroxyl groups is 1. The zero-order valence-corrected chi connectivity index (χ0v) is 17.9. The van der Waals surface area contributed by atoms with E-state index in [0.717, 1.165) is 45.6 Å². The Balaban J connectivity index is 1.26. The Kier molecular flexibility index (Phi) is 7.06. The van der Waals surface area contributed by atoms with Gasteiger partial charge in [-0.05, 0) is 18.6 Å². The van der Waals surface area contributed by atoms with Gasteiger partial charge in [0.1, 0.15) is 19.5 Å². The molecule has 0 saturated carbocycles. The van der Waals surface area contributed by atoms with Crippen LogP contribution < -0.4 is 14.8 Å². The van der Waals surface area contributed by atoms with E-state index < -0.39 is 0 Å². The summed E-state index contributed by atoms with van der Waals surface area (Å²) in [5, 5.41) is 12.8. The van der Waals surface area contributed by atoms with Gasteiger partial charge in [-0.1, -0.05) is 13.3 Å². The third kappa shape index (κ3) is 5.75. The number of nitrogens with one attached hydrogen (secondary N) is 1. The van der Waals surface area contributed by atoms with Gasteiger partial charge in [-0.3, -0.25) is 14.6 Å². The topological polar surface area (TPSA) is 100 Å². The molecule has 1 unspecified atom stereocenters. The molecule has 0 bridgehead atoms. The van der Waals surface area contributed by atoms with E-state index in [2.05, 4.69) is 27.0 Å². The molecular formula is C22H30N4O5. The fraction of sp³-hybridized carbons (Fsp3) is 0.545. The van der Waals surface area contributed by atoms with Gasteiger partial charge in [0.25, 0.3) is 5.91 Å². The van der Waals surface area contributed by atoms with Crippen molar-refractivity contribution in [2.45, 2.75) is 32.4 Å². The van der Waals surface area contributed by atoms with Crippen molar-refractivity contribution in [1.29, 1.82) is 0 Å². The first kappa shape index (κ1) is 21.6. The zero-order valence-electron chi connectivity index (χ0n) is 17.9. The number of fused-ring (bicyclic) bond motifs is 1. The highest BCUT2D eigenvalue weighted by Crippen LogP contribution is 2.32. The number of ether oxygens (including phenoxy) is 2. The summed E-state index contributed by atoms with van der Waals surface area (Å²) >= 11 is 0. The summed E-state index contributed by atoms with van der Waals surface area (Å²) in [6.07, 6.45) is 2.97. The quantitative estimate of drug-likeness (QED) is 0.656. The summed E-state index contributed by atoms with van der Waals surface area (Å²) in [6.45, 7) is 7.94. The Bertz CT molecular complexity index is 879. The lowest BCUT2D eigenvalue weighted by Crippen LogP contribution is -2.48. The summed E-state index contributed by atoms with van der Waals surface area (Å²) in [6, 6.07) is 5.28. The predicted molar refractivity (Wildman–Crippen MR) is 115 cm³/mol. The molecule has 0 radical (unpaired) electrons. The monoisotopic (exact) mass is 430 g/mol. The van der Waals surface area contributed by atoms with E-state index in [9.17, 15) is 9.90 Å². The van der Waals surface area contributed by atoms with Crippen LogP contribution in [0.25, 0.3) is 0 Å². The molecule has 168 valence electrons. The van der Waals surface area contributed by atoms with Crippen LogP contribution in [0.5, 0.6) is 11.5 Å². The molecule has 1 amide bonds. The summed E-state index contributed by atoms with van der Waals surface area (Å²) in [4.78, 5) is 21.4. The van der Waals surface area contributed by atoms with Crippen molar-refractivity contribution >= 4 is 11.6 Å². The maximum Gasteiger partial charge on any atom is 0.277 e. The standard InChI is InChI=1S/C22H30N4O5/c1-2-3-17(27)13-25-6-8-26(9-7-25)14-21-24-18(15-31-21)22(28)23-16-4-5-19-20(12-16)30-11-10-29-19/h4-5,12,15,17,27H,2-3,6-11,13-14H2,1H3,(H,23,28). The number of anilines is 1. The zero-order chi connectivity index (χ0) is 21.6. The van der Waals surface area contributed by atoms with Crippen LogP contribution in [0.2, 0.25) is 0 Å². The minimum atomic E-state index is -0.332. The molecule has 9 nitrogen and oxygen atoms in total. The van der Waals surface area contributed by atoms with E-state index in [1.54, 1.807) is 18.2 Å². The Morgan fingerprint density at radius 1 is 1.16 bits per heavy atom. The average molecular weight is 431 g/mol. The molecule has 1 saturated heterocycles. The van der Waals surface area contributed by atoms with Gasteiger partial charge in [-0.15, -0.1) is 0 Å². The van der Waals surface area contributed by atoms with Gasteiger partial charge in [0, 0.05) is 44.5 Å². The van der Waals surface area contributed by atoms with Crippen LogP contribution in [0.15, 0.2) is 28.9 Å². The molecule has 4 rings (SSSR count). The fourth-order valence-corrected chi connectivity index (χ4v) is 3.85. The van der Waals surface area contributed by atoms with Crippen molar-refractivity contribution in [3.8, 4) is 11.5 Å². The lowest BCUT2D eigenvalue weighted by Gasteiger charge is -2.34. The third-order valence-electron chi connectivity index (χ3n) is 5.50. The number of aliphatic hydroxyl groups excluding tert-OH is 1. The van der Waals surface area contributed by atoms with Gasteiger partial charge < -0.3 is 24.3 Å². The van der Waals surface area contributed by atoms with Crippen molar-refractivity contribution in [2.24, 2.45) is 0 Å². The van der Waals surface area contributed by atoms with Crippen LogP contribution in [0.3, 0.4) is 0 Å². The molecule has 0 aliphatic carbocycles. The van der Waals surface area contributed by atoms with Gasteiger partial charge in [-0.2, -0.15) is 0 Å². The number of rotatable bonds is 8. The van der Waals surface area contributed by atoms with Crippen molar-refractivity contribution in [2.75, 3.05) is 51.3 Å². The number of oxazole rings is 1. The molecule has 2 aliphatic rings. The number of carbonyl (C=O) groups excluding carboxylic acids is 1. The molecule has 2 N–H and O–H groups in total. The van der Waals surface area contributed by atoms with Crippen molar-refractivity contribution < 1.29 is 23.8 Å². The SMILES string of the molecule is CCCC(O)CN1CCN(Cc2nc(C(=O)Nc3ccc4c(c3)OCCO4)co2)CC1. The van der Waals surface area contributed by atoms with E-state index in [4.69, 9.17) is 13.9 Å². The first-order valence-electron chi connectivity index (χ1n) is 10.9. The number of nitrogens with zero attached hydrogens (tertiary/aromatic N) is 3. The summed E-state index contributed by atoms with van der Waals surface area (Å²) in [7, 11) is 0. The molecule has 1 fully saturated rings. The molecular weight excluding hydrogens is 400 g/mol. The molecule has 9 heteroatoms. The normalized spacial score (nSPS) is 18.0. The van der Waals surface area contributed by atoms with Crippen LogP contribution >= 0.6 is 0 Å². The number of piperazine rings is 1. The second-order valence-corrected chi connectivity index (χ2v) is 7.96. The molecule has 1 atom stereocenters. The highest BCUT2D eigenvalue weighted by Gasteiger charge is 2.21. The van der Waals surface area contributed by atoms with Crippen LogP contribution in [0.1, 0.15) is 36.1 Å². The van der Waals surface area contributed by atoms with Crippen LogP contribution in [0.4, 0.5) is 5.69 Å². The number of carbonyl (C=O) groups is 1. The molecule has 1 aromatic carbocycles. The van der Waals surface area contributed by atoms with E-state index in [0.29, 0.717) is 42.8 Å². The highest BCUT2D eigenvalue weighted by atomic mass is 16.6. The summed E-state index contributed by atoms with van der Waals surface area (Å²) in [5.74, 6) is 1.48. The maximum atomic E-state index is 12.5. The Labute approximate surface area is 181 Å². The number of hydrogen-bond donors (Lipinski definition) is 2. The van der Waals surface area contributed by atoms with Crippen molar-refractivity contribution in [3.05, 3.63) is 36.0 Å². The molecule has 0 spiro atoms. The third-order valence-corrected chi connectivity index (χ3v) is 5.50. The van der Waals surface area contributed by atoms with Gasteiger partial charge >= 0.3 is 0 Å². The first-order valence-corrected chi connectivity index (χ1v) is 10.9. The Morgan fingerprint density at radius 3 is 2.68 bits per heavy atom. The maximum absolute atomic E-state index is 12.5. The summed E-state index contributed by atoms with van der Waals surface area (Å²) in [5.41, 5.74) is 0.853. The number of hydrogen-bond acceptors (Lipinski definition) is 8. The highest BCUT2D eigenvalue weighted by molar-refractivity contribution is 6.02. The smallest absolute Gasteiger partial charge is 0.277 e. The lowest BCUT2D eigenvalue weighted by atomic mass is 10.2. The second-order valence-electron chi connectivity index (χ2n) is 7.96. The molecule has 2 aliphatic heterocycles. The van der Waals surface area contributed by atoms with Gasteiger partial charge in [0.05, 0.1) is 12.6 Å². The number of amides is 1. The van der Waals surface area contributed by atoms with Crippen LogP contribution in [-0.4, -0.2) is 77.8 Å². The van der Waals surface area contributed by atoms with E-state index in [1.807, 2.05) is 0 Å². The van der Waals surface area contributed by atoms with Crippen LogP contribution in [0, 0.1) is 0 Å². The average Bonchev–Trinajstić information content (AvgIpc) is 3.24. The van der Waals surface area contributed by atoms with Gasteiger partial charge in [0.15, 0.2) is 17.2 Å². The fourth-order valence-electron chi connectivity index (χ4n) is 3.85. The van der Waals surface area contributed by atoms with Crippen LogP contribution in [-0.2, 0) is 6.54 Å². The van der Waals surface area contributed by atoms with Gasteiger partial charge in [0.2, 0.25) is 5.89 Å². The Hall–Kier alpha value is -2.62. The van der Waals surface area contributed by atoms with E-state index in [-0.39, 0.29) is 17.7 Å². The predicted octanol–water partition coefficient (Wildman–Crippen LogP) is 1.98. The molecule has 2 aromatic rings. The van der Waals surface area contributed by atoms with Gasteiger partial charge in [-0.25, -0.2) is 4.98 Å². The molecule has 31 heavy (non-hydrogen) atoms. The van der Waals surface area contributed by atoms with E-state index >= 15 is 0 Å². The first-order chi connectivity index (χ1) is 15.1. The molecule has 1 aromatic heterocycles. The minimum Gasteiger partial charge on any atom is -0.486 e. The number of benzene rings is 1. The molecule has 3 heterocycles.